The normalized spacial score (nSPS) is 29.6. The number of ketones is 1. The van der Waals surface area contributed by atoms with E-state index in [0.29, 0.717) is 29.2 Å². The predicted octanol–water partition coefficient (Wildman–Crippen LogP) is 3.27. The Labute approximate surface area is 216 Å². The van der Waals surface area contributed by atoms with Gasteiger partial charge in [-0.25, -0.2) is 8.42 Å². The standard InChI is InChI=1S/C26H30ClN3O5S/c27-19-2-1-18-11-21(16-34-24(18)12-19)36(32,33)20-13-23(31)22-15-26(35-25(22)14-20)3-7-29(8-4-26)17-30-9-5-28-6-10-30/h1-2,5-6,9,11-12,20,22,25H,3-4,7-8,10,13-17H2. The summed E-state index contributed by atoms with van der Waals surface area (Å²) in [4.78, 5) is 22.1. The van der Waals surface area contributed by atoms with Crippen LogP contribution in [-0.4, -0.2) is 80.1 Å². The first kappa shape index (κ1) is 24.2. The number of hydrogen-bond acceptors (Lipinski definition) is 8. The van der Waals surface area contributed by atoms with Crippen LogP contribution in [0.3, 0.4) is 0 Å². The molecule has 2 saturated heterocycles. The number of carbonyl (C=O) groups is 1. The van der Waals surface area contributed by atoms with Crippen molar-refractivity contribution in [3.05, 3.63) is 46.1 Å². The van der Waals surface area contributed by atoms with E-state index in [4.69, 9.17) is 21.1 Å². The first-order chi connectivity index (χ1) is 17.3. The quantitative estimate of drug-likeness (QED) is 0.589. The Morgan fingerprint density at radius 2 is 2.06 bits per heavy atom. The number of nitrogens with zero attached hydrogens (tertiary/aromatic N) is 3. The van der Waals surface area contributed by atoms with Crippen LogP contribution in [0.25, 0.3) is 6.08 Å². The lowest BCUT2D eigenvalue weighted by molar-refractivity contribution is -0.128. The van der Waals surface area contributed by atoms with Gasteiger partial charge in [0.2, 0.25) is 0 Å². The summed E-state index contributed by atoms with van der Waals surface area (Å²) in [6, 6.07) is 5.14. The largest absolute Gasteiger partial charge is 0.487 e. The highest BCUT2D eigenvalue weighted by molar-refractivity contribution is 7.96. The van der Waals surface area contributed by atoms with Crippen molar-refractivity contribution < 1.29 is 22.7 Å². The zero-order valence-electron chi connectivity index (χ0n) is 20.0. The molecular weight excluding hydrogens is 502 g/mol. The van der Waals surface area contributed by atoms with Crippen molar-refractivity contribution in [3.8, 4) is 5.75 Å². The van der Waals surface area contributed by atoms with Gasteiger partial charge in [-0.2, -0.15) is 0 Å². The van der Waals surface area contributed by atoms with Crippen molar-refractivity contribution in [1.29, 1.82) is 0 Å². The number of benzene rings is 1. The molecule has 5 aliphatic rings. The maximum Gasteiger partial charge on any atom is 0.181 e. The van der Waals surface area contributed by atoms with E-state index in [1.54, 1.807) is 30.5 Å². The molecule has 0 bridgehead atoms. The second-order valence-electron chi connectivity index (χ2n) is 10.5. The fourth-order valence-electron chi connectivity index (χ4n) is 6.16. The maximum absolute atomic E-state index is 13.5. The fraction of sp³-hybridized carbons (Fsp3) is 0.538. The first-order valence-corrected chi connectivity index (χ1v) is 14.5. The molecule has 6 rings (SSSR count). The van der Waals surface area contributed by atoms with Crippen LogP contribution in [0.15, 0.2) is 40.5 Å². The van der Waals surface area contributed by atoms with Crippen LogP contribution < -0.4 is 4.74 Å². The molecule has 0 radical (unpaired) electrons. The lowest BCUT2D eigenvalue weighted by Gasteiger charge is -2.40. The van der Waals surface area contributed by atoms with Gasteiger partial charge in [-0.3, -0.25) is 14.7 Å². The van der Waals surface area contributed by atoms with E-state index in [-0.39, 0.29) is 41.3 Å². The summed E-state index contributed by atoms with van der Waals surface area (Å²) in [6.07, 6.45) is 9.83. The van der Waals surface area contributed by atoms with Crippen molar-refractivity contribution in [3.63, 3.8) is 0 Å². The van der Waals surface area contributed by atoms with Gasteiger partial charge in [0.15, 0.2) is 9.84 Å². The monoisotopic (exact) mass is 531 g/mol. The Bertz CT molecular complexity index is 1250. The number of fused-ring (bicyclic) bond motifs is 2. The van der Waals surface area contributed by atoms with Crippen molar-refractivity contribution in [1.82, 2.24) is 9.80 Å². The highest BCUT2D eigenvalue weighted by atomic mass is 35.5. The Balaban J connectivity index is 1.12. The number of piperidine rings is 1. The Kier molecular flexibility index (Phi) is 6.22. The summed E-state index contributed by atoms with van der Waals surface area (Å²) < 4.78 is 39.3. The zero-order valence-corrected chi connectivity index (χ0v) is 21.6. The maximum atomic E-state index is 13.5. The summed E-state index contributed by atoms with van der Waals surface area (Å²) in [5, 5.41) is -0.244. The van der Waals surface area contributed by atoms with Crippen molar-refractivity contribution in [2.45, 2.75) is 49.1 Å². The van der Waals surface area contributed by atoms with E-state index >= 15 is 0 Å². The van der Waals surface area contributed by atoms with Gasteiger partial charge < -0.3 is 14.4 Å². The number of rotatable bonds is 4. The highest BCUT2D eigenvalue weighted by Crippen LogP contribution is 2.48. The number of likely N-dealkylation sites (tertiary alicyclic amines) is 1. The molecular formula is C26H30ClN3O5S. The second-order valence-corrected chi connectivity index (χ2v) is 13.2. The van der Waals surface area contributed by atoms with Crippen LogP contribution in [0.2, 0.25) is 5.02 Å². The van der Waals surface area contributed by atoms with E-state index in [9.17, 15) is 13.2 Å². The van der Waals surface area contributed by atoms with E-state index in [0.717, 1.165) is 39.1 Å². The van der Waals surface area contributed by atoms with Gasteiger partial charge in [0.05, 0.1) is 35.1 Å². The van der Waals surface area contributed by atoms with Crippen molar-refractivity contribution in [2.24, 2.45) is 10.9 Å². The van der Waals surface area contributed by atoms with Crippen molar-refractivity contribution in [2.75, 3.05) is 32.9 Å². The van der Waals surface area contributed by atoms with Crippen molar-refractivity contribution >= 4 is 39.5 Å². The third kappa shape index (κ3) is 4.51. The molecule has 10 heteroatoms. The fourth-order valence-corrected chi connectivity index (χ4v) is 8.09. The number of Topliss-reactive ketones (excluding diaryl/α,β-unsaturated/α-hetero) is 1. The molecule has 4 aliphatic heterocycles. The molecule has 3 fully saturated rings. The third-order valence-electron chi connectivity index (χ3n) is 8.18. The number of ether oxygens (including phenoxy) is 2. The molecule has 0 amide bonds. The average Bonchev–Trinajstić information content (AvgIpc) is 3.24. The van der Waals surface area contributed by atoms with Crippen LogP contribution in [0, 0.1) is 5.92 Å². The van der Waals surface area contributed by atoms with Gasteiger partial charge in [0.25, 0.3) is 0 Å². The van der Waals surface area contributed by atoms with Gasteiger partial charge in [-0.1, -0.05) is 11.6 Å². The van der Waals surface area contributed by atoms with E-state index < -0.39 is 15.1 Å². The van der Waals surface area contributed by atoms with Gasteiger partial charge in [0.1, 0.15) is 18.1 Å². The number of sulfone groups is 1. The molecule has 4 heterocycles. The van der Waals surface area contributed by atoms with Gasteiger partial charge in [-0.05, 0) is 50.0 Å². The van der Waals surface area contributed by atoms with Crippen LogP contribution >= 0.6 is 11.6 Å². The average molecular weight is 532 g/mol. The SMILES string of the molecule is O=C1CC(S(=O)(=O)C2=Cc3ccc(Cl)cc3OC2)CC2OC3(CCN(CN4C=CN=CC4)CC3)CC12. The van der Waals surface area contributed by atoms with Gasteiger partial charge >= 0.3 is 0 Å². The number of halogens is 1. The Morgan fingerprint density at radius 1 is 1.22 bits per heavy atom. The zero-order chi connectivity index (χ0) is 24.9. The lowest BCUT2D eigenvalue weighted by atomic mass is 9.79. The molecule has 36 heavy (non-hydrogen) atoms. The van der Waals surface area contributed by atoms with Crippen LogP contribution in [-0.2, 0) is 19.4 Å². The lowest BCUT2D eigenvalue weighted by Crippen LogP contribution is -2.47. The minimum absolute atomic E-state index is 0.0152. The molecule has 0 N–H and O–H groups in total. The molecule has 3 atom stereocenters. The molecule has 1 spiro atoms. The molecule has 192 valence electrons. The van der Waals surface area contributed by atoms with Crippen LogP contribution in [0.5, 0.6) is 5.75 Å². The van der Waals surface area contributed by atoms with Gasteiger partial charge in [-0.15, -0.1) is 0 Å². The molecule has 3 unspecified atom stereocenters. The summed E-state index contributed by atoms with van der Waals surface area (Å²) >= 11 is 6.02. The van der Waals surface area contributed by atoms with Gasteiger partial charge in [0, 0.05) is 54.6 Å². The summed E-state index contributed by atoms with van der Waals surface area (Å²) in [6.45, 7) is 3.39. The summed E-state index contributed by atoms with van der Waals surface area (Å²) in [5.41, 5.74) is 0.351. The predicted molar refractivity (Wildman–Crippen MR) is 138 cm³/mol. The Hall–Kier alpha value is -2.20. The third-order valence-corrected chi connectivity index (χ3v) is 10.6. The second kappa shape index (κ2) is 9.28. The summed E-state index contributed by atoms with van der Waals surface area (Å²) in [5.74, 6) is 0.378. The van der Waals surface area contributed by atoms with E-state index in [2.05, 4.69) is 14.8 Å². The molecule has 1 aromatic rings. The highest BCUT2D eigenvalue weighted by Gasteiger charge is 2.54. The summed E-state index contributed by atoms with van der Waals surface area (Å²) in [7, 11) is -3.71. The molecule has 8 nitrogen and oxygen atoms in total. The smallest absolute Gasteiger partial charge is 0.181 e. The first-order valence-electron chi connectivity index (χ1n) is 12.5. The topological polar surface area (TPSA) is 88.5 Å². The number of hydrogen-bond donors (Lipinski definition) is 0. The minimum atomic E-state index is -3.71. The van der Waals surface area contributed by atoms with E-state index in [1.807, 2.05) is 12.4 Å². The van der Waals surface area contributed by atoms with E-state index in [1.165, 1.54) is 0 Å². The number of carbonyl (C=O) groups excluding carboxylic acids is 1. The molecule has 0 aromatic heterocycles. The minimum Gasteiger partial charge on any atom is -0.487 e. The Morgan fingerprint density at radius 3 is 2.83 bits per heavy atom. The number of aliphatic imine (C=N–C) groups is 1. The molecule has 1 aromatic carbocycles. The van der Waals surface area contributed by atoms with Crippen LogP contribution in [0.1, 0.15) is 37.7 Å². The molecule has 1 aliphatic carbocycles. The van der Waals surface area contributed by atoms with Crippen LogP contribution in [0.4, 0.5) is 0 Å². The molecule has 1 saturated carbocycles.